The van der Waals surface area contributed by atoms with Crippen LogP contribution >= 0.6 is 0 Å². The Morgan fingerprint density at radius 3 is 2.57 bits per heavy atom. The third-order valence-electron chi connectivity index (χ3n) is 2.78. The number of benzene rings is 1. The van der Waals surface area contributed by atoms with Gasteiger partial charge in [0.05, 0.1) is 6.61 Å². The van der Waals surface area contributed by atoms with Crippen molar-refractivity contribution in [3.05, 3.63) is 48.4 Å². The number of ether oxygens (including phenoxy) is 1. The molecule has 1 heterocycles. The van der Waals surface area contributed by atoms with Crippen LogP contribution in [-0.4, -0.2) is 29.1 Å². The number of aromatic nitrogens is 2. The van der Waals surface area contributed by atoms with E-state index in [0.29, 0.717) is 17.7 Å². The van der Waals surface area contributed by atoms with E-state index in [1.54, 1.807) is 18.2 Å². The largest absolute Gasteiger partial charge is 0.471 e. The number of carbonyl (C=O) groups excluding carboxylic acids is 1. The van der Waals surface area contributed by atoms with Crippen molar-refractivity contribution in [1.29, 1.82) is 0 Å². The Balaban J connectivity index is 2.00. The predicted octanol–water partition coefficient (Wildman–Crippen LogP) is 3.07. The fraction of sp³-hybridized carbons (Fsp3) is 0.267. The minimum Gasteiger partial charge on any atom is -0.370 e. The van der Waals surface area contributed by atoms with E-state index < -0.39 is 12.1 Å². The lowest BCUT2D eigenvalue weighted by atomic mass is 10.1. The van der Waals surface area contributed by atoms with E-state index in [1.165, 1.54) is 12.1 Å². The van der Waals surface area contributed by atoms with E-state index in [4.69, 9.17) is 4.74 Å². The maximum Gasteiger partial charge on any atom is 0.471 e. The van der Waals surface area contributed by atoms with Gasteiger partial charge < -0.3 is 9.26 Å². The van der Waals surface area contributed by atoms with Gasteiger partial charge in [-0.05, 0) is 5.56 Å². The maximum absolute atomic E-state index is 12.4. The van der Waals surface area contributed by atoms with E-state index in [1.807, 2.05) is 0 Å². The number of ketones is 1. The highest BCUT2D eigenvalue weighted by Crippen LogP contribution is 2.29. The van der Waals surface area contributed by atoms with E-state index in [9.17, 15) is 18.0 Å². The van der Waals surface area contributed by atoms with Gasteiger partial charge in [-0.25, -0.2) is 0 Å². The summed E-state index contributed by atoms with van der Waals surface area (Å²) in [5, 5.41) is 3.29. The maximum atomic E-state index is 12.4. The molecule has 5 nitrogen and oxygen atoms in total. The molecule has 0 N–H and O–H groups in total. The summed E-state index contributed by atoms with van der Waals surface area (Å²) in [6, 6.07) is 6.28. The van der Waals surface area contributed by atoms with Crippen LogP contribution in [0.2, 0.25) is 0 Å². The summed E-state index contributed by atoms with van der Waals surface area (Å²) in [7, 11) is 0. The molecule has 0 spiro atoms. The quantitative estimate of drug-likeness (QED) is 0.578. The first-order chi connectivity index (χ1) is 10.9. The van der Waals surface area contributed by atoms with Crippen LogP contribution in [0.25, 0.3) is 11.4 Å². The van der Waals surface area contributed by atoms with Crippen molar-refractivity contribution in [2.45, 2.75) is 12.6 Å². The predicted molar refractivity (Wildman–Crippen MR) is 74.5 cm³/mol. The molecule has 122 valence electrons. The van der Waals surface area contributed by atoms with Crippen molar-refractivity contribution in [1.82, 2.24) is 10.1 Å². The second kappa shape index (κ2) is 7.19. The zero-order valence-corrected chi connectivity index (χ0v) is 12.0. The minimum atomic E-state index is -4.68. The van der Waals surface area contributed by atoms with Crippen LogP contribution < -0.4 is 0 Å². The highest BCUT2D eigenvalue weighted by Gasteiger charge is 2.38. The van der Waals surface area contributed by atoms with Crippen molar-refractivity contribution >= 4 is 5.78 Å². The van der Waals surface area contributed by atoms with Gasteiger partial charge in [0, 0.05) is 12.0 Å². The fourth-order valence-electron chi connectivity index (χ4n) is 1.76. The molecular formula is C15H13F3N2O3. The molecule has 0 amide bonds. The SMILES string of the molecule is C=CCOCC(=O)Cc1ccc(-c2noc(C(F)(F)F)n2)cc1. The molecule has 2 rings (SSSR count). The average molecular weight is 326 g/mol. The molecule has 0 unspecified atom stereocenters. The van der Waals surface area contributed by atoms with E-state index in [2.05, 4.69) is 21.2 Å². The second-order valence-electron chi connectivity index (χ2n) is 4.64. The molecular weight excluding hydrogens is 313 g/mol. The van der Waals surface area contributed by atoms with E-state index in [0.717, 1.165) is 0 Å². The van der Waals surface area contributed by atoms with Crippen molar-refractivity contribution < 1.29 is 27.2 Å². The van der Waals surface area contributed by atoms with Gasteiger partial charge in [0.25, 0.3) is 0 Å². The molecule has 0 aliphatic heterocycles. The third kappa shape index (κ3) is 4.75. The number of halogens is 3. The number of nitrogens with zero attached hydrogens (tertiary/aromatic N) is 2. The van der Waals surface area contributed by atoms with Crippen molar-refractivity contribution in [2.24, 2.45) is 0 Å². The molecule has 0 atom stereocenters. The lowest BCUT2D eigenvalue weighted by Crippen LogP contribution is -2.11. The lowest BCUT2D eigenvalue weighted by molar-refractivity contribution is -0.159. The van der Waals surface area contributed by atoms with Crippen molar-refractivity contribution in [2.75, 3.05) is 13.2 Å². The summed E-state index contributed by atoms with van der Waals surface area (Å²) in [5.74, 6) is -1.67. The monoisotopic (exact) mass is 326 g/mol. The Morgan fingerprint density at radius 1 is 1.30 bits per heavy atom. The summed E-state index contributed by atoms with van der Waals surface area (Å²) in [4.78, 5) is 14.9. The number of rotatable bonds is 7. The zero-order valence-electron chi connectivity index (χ0n) is 12.0. The Bertz CT molecular complexity index is 678. The molecule has 8 heteroatoms. The Kier molecular flexibility index (Phi) is 5.28. The van der Waals surface area contributed by atoms with Crippen LogP contribution in [0.15, 0.2) is 41.4 Å². The van der Waals surface area contributed by atoms with E-state index in [-0.39, 0.29) is 24.6 Å². The molecule has 0 aliphatic carbocycles. The molecule has 23 heavy (non-hydrogen) atoms. The van der Waals surface area contributed by atoms with Crippen LogP contribution in [0.3, 0.4) is 0 Å². The van der Waals surface area contributed by atoms with Gasteiger partial charge in [0.2, 0.25) is 5.82 Å². The molecule has 0 fully saturated rings. The van der Waals surface area contributed by atoms with Crippen molar-refractivity contribution in [3.8, 4) is 11.4 Å². The molecule has 0 saturated heterocycles. The Hall–Kier alpha value is -2.48. The molecule has 0 aliphatic rings. The number of Topliss-reactive ketones (excluding diaryl/α,β-unsaturated/α-hetero) is 1. The topological polar surface area (TPSA) is 65.2 Å². The molecule has 2 aromatic rings. The standard InChI is InChI=1S/C15H13F3N2O3/c1-2-7-22-9-12(21)8-10-3-5-11(6-4-10)13-19-14(23-20-13)15(16,17)18/h2-6H,1,7-9H2. The van der Waals surface area contributed by atoms with Crippen LogP contribution in [0.5, 0.6) is 0 Å². The summed E-state index contributed by atoms with van der Waals surface area (Å²) in [5.41, 5.74) is 1.07. The molecule has 1 aromatic heterocycles. The van der Waals surface area contributed by atoms with Crippen LogP contribution in [0.4, 0.5) is 13.2 Å². The molecule has 1 aromatic carbocycles. The van der Waals surface area contributed by atoms with E-state index >= 15 is 0 Å². The number of carbonyl (C=O) groups is 1. The number of hydrogen-bond acceptors (Lipinski definition) is 5. The van der Waals surface area contributed by atoms with Crippen molar-refractivity contribution in [3.63, 3.8) is 0 Å². The first kappa shape index (κ1) is 16.9. The molecule has 0 saturated carbocycles. The Labute approximate surface area is 129 Å². The zero-order chi connectivity index (χ0) is 16.9. The fourth-order valence-corrected chi connectivity index (χ4v) is 1.76. The summed E-state index contributed by atoms with van der Waals surface area (Å²) >= 11 is 0. The van der Waals surface area contributed by atoms with Gasteiger partial charge in [-0.2, -0.15) is 18.2 Å². The number of hydrogen-bond donors (Lipinski definition) is 0. The lowest BCUT2D eigenvalue weighted by Gasteiger charge is -2.02. The minimum absolute atomic E-state index is 0.0203. The second-order valence-corrected chi connectivity index (χ2v) is 4.64. The molecule has 0 bridgehead atoms. The van der Waals surface area contributed by atoms with Gasteiger partial charge in [-0.1, -0.05) is 35.5 Å². The highest BCUT2D eigenvalue weighted by atomic mass is 19.4. The van der Waals surface area contributed by atoms with Crippen LogP contribution in [0, 0.1) is 0 Å². The average Bonchev–Trinajstić information content (AvgIpc) is 2.98. The highest BCUT2D eigenvalue weighted by molar-refractivity contribution is 5.82. The van der Waals surface area contributed by atoms with Gasteiger partial charge >= 0.3 is 12.1 Å². The number of alkyl halides is 3. The normalized spacial score (nSPS) is 11.4. The van der Waals surface area contributed by atoms with Crippen LogP contribution in [-0.2, 0) is 22.1 Å². The smallest absolute Gasteiger partial charge is 0.370 e. The van der Waals surface area contributed by atoms with Gasteiger partial charge in [-0.15, -0.1) is 6.58 Å². The molecule has 0 radical (unpaired) electrons. The Morgan fingerprint density at radius 2 is 2.00 bits per heavy atom. The van der Waals surface area contributed by atoms with Gasteiger partial charge in [-0.3, -0.25) is 4.79 Å². The van der Waals surface area contributed by atoms with Crippen LogP contribution in [0.1, 0.15) is 11.5 Å². The van der Waals surface area contributed by atoms with Gasteiger partial charge in [0.1, 0.15) is 6.61 Å². The summed E-state index contributed by atoms with van der Waals surface area (Å²) < 4.78 is 46.4. The first-order valence-corrected chi connectivity index (χ1v) is 6.60. The summed E-state index contributed by atoms with van der Waals surface area (Å²) in [6.07, 6.45) is -2.97. The van der Waals surface area contributed by atoms with Gasteiger partial charge in [0.15, 0.2) is 5.78 Å². The third-order valence-corrected chi connectivity index (χ3v) is 2.78. The first-order valence-electron chi connectivity index (χ1n) is 6.60. The summed E-state index contributed by atoms with van der Waals surface area (Å²) in [6.45, 7) is 3.75.